The van der Waals surface area contributed by atoms with Crippen LogP contribution in [-0.2, 0) is 34.9 Å². The third-order valence-corrected chi connectivity index (χ3v) is 5.42. The molecule has 22 heavy (non-hydrogen) atoms. The van der Waals surface area contributed by atoms with Crippen molar-refractivity contribution in [1.82, 2.24) is 23.4 Å². The summed E-state index contributed by atoms with van der Waals surface area (Å²) in [6.45, 7) is 1.81. The Bertz CT molecular complexity index is 751. The van der Waals surface area contributed by atoms with Gasteiger partial charge in [-0.1, -0.05) is 0 Å². The Kier molecular flexibility index (Phi) is 4.02. The molecule has 0 saturated heterocycles. The van der Waals surface area contributed by atoms with Gasteiger partial charge in [0, 0.05) is 51.8 Å². The average molecular weight is 325 g/mol. The van der Waals surface area contributed by atoms with E-state index in [0.717, 1.165) is 5.82 Å². The van der Waals surface area contributed by atoms with Crippen LogP contribution in [-0.4, -0.2) is 52.1 Å². The van der Waals surface area contributed by atoms with E-state index in [2.05, 4.69) is 9.97 Å². The lowest BCUT2D eigenvalue weighted by molar-refractivity contribution is 0.135. The number of nitrogens with zero attached hydrogens (tertiary/aromatic N) is 5. The van der Waals surface area contributed by atoms with Crippen LogP contribution in [0, 0.1) is 5.92 Å². The lowest BCUT2D eigenvalue weighted by Gasteiger charge is -2.22. The first kappa shape index (κ1) is 15.2. The molecule has 0 bridgehead atoms. The number of methoxy groups -OCH3 is 1. The second-order valence-electron chi connectivity index (χ2n) is 5.49. The molecule has 0 saturated carbocycles. The highest BCUT2D eigenvalue weighted by Gasteiger charge is 2.32. The zero-order valence-corrected chi connectivity index (χ0v) is 13.4. The fourth-order valence-corrected chi connectivity index (χ4v) is 4.12. The first-order valence-corrected chi connectivity index (χ1v) is 8.42. The summed E-state index contributed by atoms with van der Waals surface area (Å²) >= 11 is 0. The van der Waals surface area contributed by atoms with Crippen LogP contribution >= 0.6 is 0 Å². The predicted octanol–water partition coefficient (Wildman–Crippen LogP) is 0.0837. The summed E-state index contributed by atoms with van der Waals surface area (Å²) < 4.78 is 35.9. The van der Waals surface area contributed by atoms with Crippen molar-refractivity contribution in [1.29, 1.82) is 0 Å². The van der Waals surface area contributed by atoms with Crippen LogP contribution in [0.1, 0.15) is 5.82 Å². The maximum absolute atomic E-state index is 12.8. The maximum atomic E-state index is 12.8. The molecule has 0 N–H and O–H groups in total. The fraction of sp³-hybridized carbons (Fsp3) is 0.538. The molecule has 0 amide bonds. The third kappa shape index (κ3) is 2.79. The second kappa shape index (κ2) is 5.82. The van der Waals surface area contributed by atoms with Crippen LogP contribution in [0.4, 0.5) is 0 Å². The zero-order chi connectivity index (χ0) is 15.7. The SMILES string of the molecule is COC[C@H]1CN(S(=O)(=O)c2cn(C)cn2)Cc2nccn2C1. The molecule has 0 spiro atoms. The average Bonchev–Trinajstić information content (AvgIpc) is 3.05. The Morgan fingerprint density at radius 3 is 2.86 bits per heavy atom. The highest BCUT2D eigenvalue weighted by molar-refractivity contribution is 7.89. The standard InChI is InChI=1S/C13H19N5O3S/c1-16-8-13(15-10-16)22(19,20)18-6-11(9-21-2)5-17-4-3-14-12(17)7-18/h3-4,8,10-11H,5-7,9H2,1-2H3/t11-/m1/s1. The summed E-state index contributed by atoms with van der Waals surface area (Å²) in [6.07, 6.45) is 6.56. The molecule has 1 atom stereocenters. The molecule has 1 aliphatic rings. The Labute approximate surface area is 129 Å². The minimum atomic E-state index is -3.64. The van der Waals surface area contributed by atoms with Crippen molar-refractivity contribution in [3.8, 4) is 0 Å². The van der Waals surface area contributed by atoms with Gasteiger partial charge in [-0.3, -0.25) is 0 Å². The molecule has 120 valence electrons. The fourth-order valence-electron chi connectivity index (χ4n) is 2.68. The summed E-state index contributed by atoms with van der Waals surface area (Å²) in [5, 5.41) is 0.0613. The maximum Gasteiger partial charge on any atom is 0.262 e. The van der Waals surface area contributed by atoms with Gasteiger partial charge in [0.05, 0.1) is 19.5 Å². The van der Waals surface area contributed by atoms with Gasteiger partial charge >= 0.3 is 0 Å². The zero-order valence-electron chi connectivity index (χ0n) is 12.6. The molecule has 0 fully saturated rings. The summed E-state index contributed by atoms with van der Waals surface area (Å²) in [7, 11) is -0.277. The number of hydrogen-bond donors (Lipinski definition) is 0. The molecule has 2 aromatic heterocycles. The number of imidazole rings is 2. The van der Waals surface area contributed by atoms with Crippen molar-refractivity contribution in [3.05, 3.63) is 30.7 Å². The summed E-state index contributed by atoms with van der Waals surface area (Å²) in [4.78, 5) is 8.25. The van der Waals surface area contributed by atoms with E-state index in [0.29, 0.717) is 19.7 Å². The number of sulfonamides is 1. The summed E-state index contributed by atoms with van der Waals surface area (Å²) in [5.74, 6) is 0.803. The van der Waals surface area contributed by atoms with Crippen molar-refractivity contribution >= 4 is 10.0 Å². The van der Waals surface area contributed by atoms with E-state index in [9.17, 15) is 8.42 Å². The van der Waals surface area contributed by atoms with Crippen LogP contribution in [0.3, 0.4) is 0 Å². The lowest BCUT2D eigenvalue weighted by Crippen LogP contribution is -2.35. The first-order chi connectivity index (χ1) is 10.5. The molecule has 1 aliphatic heterocycles. The number of fused-ring (bicyclic) bond motifs is 1. The quantitative estimate of drug-likeness (QED) is 0.795. The van der Waals surface area contributed by atoms with Gasteiger partial charge in [-0.05, 0) is 0 Å². The first-order valence-electron chi connectivity index (χ1n) is 6.97. The number of aromatic nitrogens is 4. The minimum absolute atomic E-state index is 0.0613. The Balaban J connectivity index is 1.95. The Morgan fingerprint density at radius 1 is 1.36 bits per heavy atom. The van der Waals surface area contributed by atoms with Gasteiger partial charge < -0.3 is 13.9 Å². The van der Waals surface area contributed by atoms with Crippen molar-refractivity contribution in [2.45, 2.75) is 18.1 Å². The largest absolute Gasteiger partial charge is 0.384 e. The molecular formula is C13H19N5O3S. The highest BCUT2D eigenvalue weighted by atomic mass is 32.2. The van der Waals surface area contributed by atoms with Crippen molar-refractivity contribution in [2.24, 2.45) is 13.0 Å². The van der Waals surface area contributed by atoms with E-state index < -0.39 is 10.0 Å². The van der Waals surface area contributed by atoms with E-state index >= 15 is 0 Å². The van der Waals surface area contributed by atoms with Crippen molar-refractivity contribution in [3.63, 3.8) is 0 Å². The summed E-state index contributed by atoms with van der Waals surface area (Å²) in [5.41, 5.74) is 0. The van der Waals surface area contributed by atoms with E-state index in [-0.39, 0.29) is 17.5 Å². The number of hydrogen-bond acceptors (Lipinski definition) is 5. The van der Waals surface area contributed by atoms with E-state index in [4.69, 9.17) is 4.74 Å². The van der Waals surface area contributed by atoms with Gasteiger partial charge in [0.25, 0.3) is 10.0 Å². The molecule has 3 heterocycles. The monoisotopic (exact) mass is 325 g/mol. The van der Waals surface area contributed by atoms with Crippen LogP contribution in [0.5, 0.6) is 0 Å². The summed E-state index contributed by atoms with van der Waals surface area (Å²) in [6, 6.07) is 0. The topological polar surface area (TPSA) is 82.2 Å². The lowest BCUT2D eigenvalue weighted by atomic mass is 10.1. The van der Waals surface area contributed by atoms with Gasteiger partial charge in [-0.15, -0.1) is 0 Å². The highest BCUT2D eigenvalue weighted by Crippen LogP contribution is 2.22. The molecular weight excluding hydrogens is 306 g/mol. The van der Waals surface area contributed by atoms with Gasteiger partial charge in [0.2, 0.25) is 0 Å². The van der Waals surface area contributed by atoms with Gasteiger partial charge in [0.1, 0.15) is 5.82 Å². The molecule has 3 rings (SSSR count). The molecule has 9 heteroatoms. The van der Waals surface area contributed by atoms with Crippen LogP contribution in [0.2, 0.25) is 0 Å². The number of ether oxygens (including phenoxy) is 1. The van der Waals surface area contributed by atoms with E-state index in [1.165, 1.54) is 16.8 Å². The number of rotatable bonds is 4. The molecule has 0 unspecified atom stereocenters. The molecule has 0 radical (unpaired) electrons. The molecule has 0 aromatic carbocycles. The smallest absolute Gasteiger partial charge is 0.262 e. The van der Waals surface area contributed by atoms with Crippen LogP contribution in [0.25, 0.3) is 0 Å². The molecule has 2 aromatic rings. The van der Waals surface area contributed by atoms with Gasteiger partial charge in [-0.2, -0.15) is 4.31 Å². The Hall–Kier alpha value is -1.71. The minimum Gasteiger partial charge on any atom is -0.384 e. The van der Waals surface area contributed by atoms with Gasteiger partial charge in [-0.25, -0.2) is 18.4 Å². The normalized spacial score (nSPS) is 19.8. The number of aryl methyl sites for hydroxylation is 1. The second-order valence-corrected chi connectivity index (χ2v) is 7.38. The van der Waals surface area contributed by atoms with Crippen molar-refractivity contribution < 1.29 is 13.2 Å². The molecule has 0 aliphatic carbocycles. The van der Waals surface area contributed by atoms with Crippen LogP contribution in [0.15, 0.2) is 29.9 Å². The molecule has 8 nitrogen and oxygen atoms in total. The third-order valence-electron chi connectivity index (χ3n) is 3.72. The van der Waals surface area contributed by atoms with Crippen molar-refractivity contribution in [2.75, 3.05) is 20.3 Å². The Morgan fingerprint density at radius 2 is 2.18 bits per heavy atom. The van der Waals surface area contributed by atoms with Gasteiger partial charge in [0.15, 0.2) is 5.03 Å². The van der Waals surface area contributed by atoms with Crippen LogP contribution < -0.4 is 0 Å². The predicted molar refractivity (Wildman–Crippen MR) is 78.4 cm³/mol. The van der Waals surface area contributed by atoms with E-state index in [1.807, 2.05) is 10.8 Å². The van der Waals surface area contributed by atoms with E-state index in [1.54, 1.807) is 24.9 Å².